The normalized spacial score (nSPS) is 11.1. The minimum Gasteiger partial charge on any atom is -0.491 e. The Bertz CT molecular complexity index is 730. The molecular formula is C22H29NO3. The van der Waals surface area contributed by atoms with E-state index in [1.807, 2.05) is 50.2 Å². The van der Waals surface area contributed by atoms with Crippen molar-refractivity contribution in [2.24, 2.45) is 0 Å². The third-order valence-electron chi connectivity index (χ3n) is 4.12. The Hall–Kier alpha value is -2.49. The van der Waals surface area contributed by atoms with Crippen LogP contribution in [0.25, 0.3) is 0 Å². The van der Waals surface area contributed by atoms with Crippen LogP contribution in [0.3, 0.4) is 0 Å². The maximum absolute atomic E-state index is 11.9. The van der Waals surface area contributed by atoms with Gasteiger partial charge in [-0.3, -0.25) is 4.79 Å². The average Bonchev–Trinajstić information content (AvgIpc) is 2.59. The molecule has 2 aromatic carbocycles. The van der Waals surface area contributed by atoms with Crippen molar-refractivity contribution >= 4 is 5.91 Å². The monoisotopic (exact) mass is 355 g/mol. The van der Waals surface area contributed by atoms with E-state index in [9.17, 15) is 4.79 Å². The van der Waals surface area contributed by atoms with Crippen molar-refractivity contribution in [1.82, 2.24) is 5.32 Å². The first-order valence-electron chi connectivity index (χ1n) is 8.96. The summed E-state index contributed by atoms with van der Waals surface area (Å²) < 4.78 is 11.3. The van der Waals surface area contributed by atoms with E-state index in [-0.39, 0.29) is 17.9 Å². The quantitative estimate of drug-likeness (QED) is 0.758. The molecule has 26 heavy (non-hydrogen) atoms. The van der Waals surface area contributed by atoms with Gasteiger partial charge in [-0.1, -0.05) is 45.0 Å². The van der Waals surface area contributed by atoms with E-state index in [2.05, 4.69) is 32.2 Å². The summed E-state index contributed by atoms with van der Waals surface area (Å²) in [5.41, 5.74) is 3.58. The largest absolute Gasteiger partial charge is 0.491 e. The lowest BCUT2D eigenvalue weighted by Gasteiger charge is -2.19. The number of benzene rings is 2. The van der Waals surface area contributed by atoms with Crippen LogP contribution in [-0.4, -0.2) is 25.7 Å². The molecule has 0 bridgehead atoms. The molecule has 0 saturated heterocycles. The molecule has 0 spiro atoms. The highest BCUT2D eigenvalue weighted by Crippen LogP contribution is 2.24. The summed E-state index contributed by atoms with van der Waals surface area (Å²) in [6.07, 6.45) is 0. The molecule has 0 aliphatic carbocycles. The van der Waals surface area contributed by atoms with Gasteiger partial charge < -0.3 is 14.8 Å². The summed E-state index contributed by atoms with van der Waals surface area (Å²) in [6, 6.07) is 13.9. The molecule has 0 heterocycles. The zero-order valence-electron chi connectivity index (χ0n) is 16.4. The Kier molecular flexibility index (Phi) is 6.67. The van der Waals surface area contributed by atoms with Gasteiger partial charge >= 0.3 is 0 Å². The van der Waals surface area contributed by atoms with Crippen molar-refractivity contribution in [2.75, 3.05) is 19.8 Å². The Balaban J connectivity index is 1.70. The Morgan fingerprint density at radius 2 is 1.69 bits per heavy atom. The van der Waals surface area contributed by atoms with Crippen LogP contribution in [0.5, 0.6) is 11.5 Å². The Morgan fingerprint density at radius 1 is 1.00 bits per heavy atom. The predicted molar refractivity (Wildman–Crippen MR) is 105 cm³/mol. The highest BCUT2D eigenvalue weighted by atomic mass is 16.5. The number of carbonyl (C=O) groups excluding carboxylic acids is 1. The fraction of sp³-hybridized carbons (Fsp3) is 0.409. The molecule has 0 atom stereocenters. The number of hydrogen-bond acceptors (Lipinski definition) is 3. The zero-order chi connectivity index (χ0) is 19.2. The topological polar surface area (TPSA) is 47.6 Å². The molecule has 0 fully saturated rings. The molecular weight excluding hydrogens is 326 g/mol. The van der Waals surface area contributed by atoms with Gasteiger partial charge in [-0.25, -0.2) is 0 Å². The van der Waals surface area contributed by atoms with Crippen LogP contribution in [-0.2, 0) is 10.2 Å². The van der Waals surface area contributed by atoms with E-state index in [4.69, 9.17) is 9.47 Å². The first kappa shape index (κ1) is 19.8. The summed E-state index contributed by atoms with van der Waals surface area (Å²) in [5.74, 6) is 1.39. The molecule has 0 radical (unpaired) electrons. The van der Waals surface area contributed by atoms with Crippen molar-refractivity contribution in [1.29, 1.82) is 0 Å². The fourth-order valence-electron chi connectivity index (χ4n) is 2.47. The van der Waals surface area contributed by atoms with Gasteiger partial charge in [0.25, 0.3) is 5.91 Å². The summed E-state index contributed by atoms with van der Waals surface area (Å²) in [4.78, 5) is 11.9. The second kappa shape index (κ2) is 8.75. The van der Waals surface area contributed by atoms with Crippen LogP contribution in [0, 0.1) is 13.8 Å². The molecule has 1 amide bonds. The second-order valence-electron chi connectivity index (χ2n) is 7.53. The van der Waals surface area contributed by atoms with E-state index in [0.717, 1.165) is 16.9 Å². The van der Waals surface area contributed by atoms with Crippen LogP contribution in [0.15, 0.2) is 42.5 Å². The minimum absolute atomic E-state index is 0.00165. The van der Waals surface area contributed by atoms with Crippen LogP contribution in [0.4, 0.5) is 0 Å². The molecule has 1 N–H and O–H groups in total. The van der Waals surface area contributed by atoms with Crippen molar-refractivity contribution < 1.29 is 14.3 Å². The standard InChI is InChI=1S/C22H29NO3/c1-16-6-7-17(2)20(14-16)25-13-12-23-21(24)15-26-19-10-8-18(9-11-19)22(3,4)5/h6-11,14H,12-13,15H2,1-5H3,(H,23,24). The van der Waals surface area contributed by atoms with Gasteiger partial charge in [-0.2, -0.15) is 0 Å². The van der Waals surface area contributed by atoms with Crippen molar-refractivity contribution in [3.05, 3.63) is 59.2 Å². The van der Waals surface area contributed by atoms with Gasteiger partial charge in [0.2, 0.25) is 0 Å². The molecule has 0 unspecified atom stereocenters. The maximum Gasteiger partial charge on any atom is 0.258 e. The molecule has 0 aliphatic rings. The predicted octanol–water partition coefficient (Wildman–Crippen LogP) is 4.17. The van der Waals surface area contributed by atoms with Gasteiger partial charge in [0, 0.05) is 0 Å². The lowest BCUT2D eigenvalue weighted by molar-refractivity contribution is -0.123. The van der Waals surface area contributed by atoms with Crippen LogP contribution in [0.1, 0.15) is 37.5 Å². The van der Waals surface area contributed by atoms with Crippen LogP contribution >= 0.6 is 0 Å². The molecule has 4 heteroatoms. The Labute approximate surface area is 156 Å². The van der Waals surface area contributed by atoms with Gasteiger partial charge in [0.1, 0.15) is 18.1 Å². The van der Waals surface area contributed by atoms with E-state index < -0.39 is 0 Å². The summed E-state index contributed by atoms with van der Waals surface area (Å²) in [6.45, 7) is 11.4. The smallest absolute Gasteiger partial charge is 0.258 e. The first-order chi connectivity index (χ1) is 12.3. The van der Waals surface area contributed by atoms with Crippen LogP contribution < -0.4 is 14.8 Å². The zero-order valence-corrected chi connectivity index (χ0v) is 16.4. The van der Waals surface area contributed by atoms with Crippen molar-refractivity contribution in [3.63, 3.8) is 0 Å². The van der Waals surface area contributed by atoms with Crippen LogP contribution in [0.2, 0.25) is 0 Å². The number of amides is 1. The maximum atomic E-state index is 11.9. The number of aryl methyl sites for hydroxylation is 2. The number of ether oxygens (including phenoxy) is 2. The average molecular weight is 355 g/mol. The van der Waals surface area contributed by atoms with Gasteiger partial charge in [0.15, 0.2) is 6.61 Å². The van der Waals surface area contributed by atoms with Crippen molar-refractivity contribution in [2.45, 2.75) is 40.0 Å². The molecule has 2 rings (SSSR count). The van der Waals surface area contributed by atoms with E-state index >= 15 is 0 Å². The number of rotatable bonds is 7. The Morgan fingerprint density at radius 3 is 2.35 bits per heavy atom. The lowest BCUT2D eigenvalue weighted by atomic mass is 9.87. The van der Waals surface area contributed by atoms with E-state index in [0.29, 0.717) is 18.9 Å². The fourth-order valence-corrected chi connectivity index (χ4v) is 2.47. The lowest BCUT2D eigenvalue weighted by Crippen LogP contribution is -2.32. The molecule has 0 aromatic heterocycles. The molecule has 0 saturated carbocycles. The highest BCUT2D eigenvalue weighted by Gasteiger charge is 2.13. The van der Waals surface area contributed by atoms with Crippen molar-refractivity contribution in [3.8, 4) is 11.5 Å². The second-order valence-corrected chi connectivity index (χ2v) is 7.53. The van der Waals surface area contributed by atoms with Gasteiger partial charge in [0.05, 0.1) is 6.54 Å². The molecule has 140 valence electrons. The highest BCUT2D eigenvalue weighted by molar-refractivity contribution is 5.77. The molecule has 4 nitrogen and oxygen atoms in total. The number of carbonyl (C=O) groups is 1. The van der Waals surface area contributed by atoms with Gasteiger partial charge in [-0.15, -0.1) is 0 Å². The molecule has 0 aliphatic heterocycles. The van der Waals surface area contributed by atoms with Gasteiger partial charge in [-0.05, 0) is 54.2 Å². The number of nitrogens with one attached hydrogen (secondary N) is 1. The van der Waals surface area contributed by atoms with E-state index in [1.165, 1.54) is 5.56 Å². The minimum atomic E-state index is -0.158. The SMILES string of the molecule is Cc1ccc(C)c(OCCNC(=O)COc2ccc(C(C)(C)C)cc2)c1. The summed E-state index contributed by atoms with van der Waals surface area (Å²) in [5, 5.41) is 2.80. The number of hydrogen-bond donors (Lipinski definition) is 1. The summed E-state index contributed by atoms with van der Waals surface area (Å²) >= 11 is 0. The molecule has 2 aromatic rings. The summed E-state index contributed by atoms with van der Waals surface area (Å²) in [7, 11) is 0. The van der Waals surface area contributed by atoms with E-state index in [1.54, 1.807) is 0 Å². The third-order valence-corrected chi connectivity index (χ3v) is 4.12. The first-order valence-corrected chi connectivity index (χ1v) is 8.96. The third kappa shape index (κ3) is 6.10.